The van der Waals surface area contributed by atoms with Crippen molar-refractivity contribution in [3.63, 3.8) is 0 Å². The number of pyridine rings is 1. The van der Waals surface area contributed by atoms with Gasteiger partial charge in [0, 0.05) is 18.5 Å². The minimum atomic E-state index is -0.493. The maximum absolute atomic E-state index is 13.2. The molecule has 3 aromatic heterocycles. The molecule has 9 heteroatoms. The number of benzene rings is 1. The Hall–Kier alpha value is -3.17. The standard InChI is InChI=1S/C19H14N4O3S2/c1-12-4-5-14-16(9-12)28-19(21-14)22(11-13-3-2-8-20-10-13)18(24)15-6-7-17(27-15)23(25)26/h2-10H,11H2,1H3. The lowest BCUT2D eigenvalue weighted by molar-refractivity contribution is -0.380. The van der Waals surface area contributed by atoms with Gasteiger partial charge in [-0.2, -0.15) is 0 Å². The van der Waals surface area contributed by atoms with Crippen molar-refractivity contribution in [3.8, 4) is 0 Å². The second kappa shape index (κ2) is 7.45. The van der Waals surface area contributed by atoms with Crippen LogP contribution in [-0.2, 0) is 6.54 Å². The van der Waals surface area contributed by atoms with Crippen LogP contribution in [0.3, 0.4) is 0 Å². The summed E-state index contributed by atoms with van der Waals surface area (Å²) in [5.41, 5.74) is 2.77. The van der Waals surface area contributed by atoms with Crippen molar-refractivity contribution in [1.29, 1.82) is 0 Å². The highest BCUT2D eigenvalue weighted by Gasteiger charge is 2.25. The first-order valence-corrected chi connectivity index (χ1v) is 9.97. The van der Waals surface area contributed by atoms with E-state index in [9.17, 15) is 14.9 Å². The molecule has 1 aromatic carbocycles. The van der Waals surface area contributed by atoms with Crippen molar-refractivity contribution in [1.82, 2.24) is 9.97 Å². The Kier molecular flexibility index (Phi) is 4.84. The molecule has 0 fully saturated rings. The summed E-state index contributed by atoms with van der Waals surface area (Å²) in [6.45, 7) is 2.28. The van der Waals surface area contributed by atoms with Gasteiger partial charge in [-0.05, 0) is 42.3 Å². The Morgan fingerprint density at radius 2 is 2.07 bits per heavy atom. The fourth-order valence-electron chi connectivity index (χ4n) is 2.71. The number of aromatic nitrogens is 2. The highest BCUT2D eigenvalue weighted by Crippen LogP contribution is 2.33. The van der Waals surface area contributed by atoms with Crippen LogP contribution in [0.2, 0.25) is 0 Å². The number of thiophene rings is 1. The number of hydrogen-bond donors (Lipinski definition) is 0. The maximum atomic E-state index is 13.2. The van der Waals surface area contributed by atoms with Crippen molar-refractivity contribution in [2.45, 2.75) is 13.5 Å². The van der Waals surface area contributed by atoms with Crippen molar-refractivity contribution < 1.29 is 9.72 Å². The van der Waals surface area contributed by atoms with Crippen molar-refractivity contribution in [2.75, 3.05) is 4.90 Å². The summed E-state index contributed by atoms with van der Waals surface area (Å²) in [7, 11) is 0. The Labute approximate surface area is 168 Å². The Morgan fingerprint density at radius 1 is 1.21 bits per heavy atom. The molecule has 0 spiro atoms. The molecule has 0 bridgehead atoms. The molecule has 0 N–H and O–H groups in total. The second-order valence-electron chi connectivity index (χ2n) is 6.12. The molecule has 0 aliphatic rings. The Bertz CT molecular complexity index is 1170. The predicted molar refractivity (Wildman–Crippen MR) is 110 cm³/mol. The van der Waals surface area contributed by atoms with Gasteiger partial charge < -0.3 is 0 Å². The summed E-state index contributed by atoms with van der Waals surface area (Å²) in [5, 5.41) is 11.5. The van der Waals surface area contributed by atoms with Gasteiger partial charge in [0.1, 0.15) is 0 Å². The molecule has 0 radical (unpaired) electrons. The quantitative estimate of drug-likeness (QED) is 0.348. The number of nitro groups is 1. The lowest BCUT2D eigenvalue weighted by atomic mass is 10.2. The zero-order valence-electron chi connectivity index (χ0n) is 14.7. The highest BCUT2D eigenvalue weighted by molar-refractivity contribution is 7.22. The van der Waals surface area contributed by atoms with Crippen LogP contribution in [0.15, 0.2) is 54.9 Å². The second-order valence-corrected chi connectivity index (χ2v) is 8.19. The van der Waals surface area contributed by atoms with E-state index in [1.54, 1.807) is 23.4 Å². The minimum Gasteiger partial charge on any atom is -0.279 e. The van der Waals surface area contributed by atoms with Crippen molar-refractivity contribution in [2.24, 2.45) is 0 Å². The van der Waals surface area contributed by atoms with Gasteiger partial charge in [0.15, 0.2) is 5.13 Å². The number of hydrogen-bond acceptors (Lipinski definition) is 7. The van der Waals surface area contributed by atoms with Gasteiger partial charge in [0.25, 0.3) is 5.91 Å². The monoisotopic (exact) mass is 410 g/mol. The van der Waals surface area contributed by atoms with Gasteiger partial charge >= 0.3 is 5.00 Å². The van der Waals surface area contributed by atoms with Crippen LogP contribution in [-0.4, -0.2) is 20.8 Å². The summed E-state index contributed by atoms with van der Waals surface area (Å²) in [4.78, 5) is 34.2. The van der Waals surface area contributed by atoms with E-state index in [0.717, 1.165) is 32.7 Å². The zero-order chi connectivity index (χ0) is 19.7. The number of thiazole rings is 1. The molecule has 4 rings (SSSR count). The van der Waals surface area contributed by atoms with E-state index in [2.05, 4.69) is 9.97 Å². The molecular weight excluding hydrogens is 396 g/mol. The number of anilines is 1. The molecule has 7 nitrogen and oxygen atoms in total. The SMILES string of the molecule is Cc1ccc2nc(N(Cc3cccnc3)C(=O)c3ccc([N+](=O)[O-])s3)sc2c1. The summed E-state index contributed by atoms with van der Waals surface area (Å²) in [6.07, 6.45) is 3.35. The third-order valence-electron chi connectivity index (χ3n) is 4.05. The number of rotatable bonds is 5. The molecule has 28 heavy (non-hydrogen) atoms. The van der Waals surface area contributed by atoms with Crippen molar-refractivity contribution >= 4 is 48.9 Å². The third-order valence-corrected chi connectivity index (χ3v) is 6.12. The van der Waals surface area contributed by atoms with Gasteiger partial charge in [0.05, 0.1) is 26.6 Å². The molecule has 0 aliphatic heterocycles. The molecule has 4 aromatic rings. The number of fused-ring (bicyclic) bond motifs is 1. The molecular formula is C19H14N4O3S2. The topological polar surface area (TPSA) is 89.2 Å². The zero-order valence-corrected chi connectivity index (χ0v) is 16.4. The summed E-state index contributed by atoms with van der Waals surface area (Å²) in [5.74, 6) is -0.322. The predicted octanol–water partition coefficient (Wildman–Crippen LogP) is 4.82. The van der Waals surface area contributed by atoms with E-state index >= 15 is 0 Å². The van der Waals surface area contributed by atoms with Crippen LogP contribution in [0.1, 0.15) is 20.8 Å². The number of aryl methyl sites for hydroxylation is 1. The summed E-state index contributed by atoms with van der Waals surface area (Å²) in [6, 6.07) is 12.4. The first-order valence-electron chi connectivity index (χ1n) is 8.33. The van der Waals surface area contributed by atoms with E-state index in [1.807, 2.05) is 31.2 Å². The highest BCUT2D eigenvalue weighted by atomic mass is 32.1. The van der Waals surface area contributed by atoms with E-state index < -0.39 is 4.92 Å². The average molecular weight is 410 g/mol. The maximum Gasteiger partial charge on any atom is 0.324 e. The molecule has 3 heterocycles. The van der Waals surface area contributed by atoms with Gasteiger partial charge in [-0.1, -0.05) is 34.8 Å². The smallest absolute Gasteiger partial charge is 0.279 e. The third kappa shape index (κ3) is 3.62. The van der Waals surface area contributed by atoms with Gasteiger partial charge in [-0.3, -0.25) is 24.8 Å². The molecule has 0 aliphatic carbocycles. The van der Waals surface area contributed by atoms with Crippen LogP contribution < -0.4 is 4.90 Å². The molecule has 1 amide bonds. The molecule has 0 saturated carbocycles. The first-order chi connectivity index (χ1) is 13.5. The van der Waals surface area contributed by atoms with E-state index in [0.29, 0.717) is 10.0 Å². The lowest BCUT2D eigenvalue weighted by Gasteiger charge is -2.19. The van der Waals surface area contributed by atoms with Gasteiger partial charge in [-0.15, -0.1) is 0 Å². The number of carbonyl (C=O) groups excluding carboxylic acids is 1. The van der Waals surface area contributed by atoms with Crippen LogP contribution in [0, 0.1) is 17.0 Å². The normalized spacial score (nSPS) is 10.9. The number of amides is 1. The average Bonchev–Trinajstić information content (AvgIpc) is 3.33. The van der Waals surface area contributed by atoms with E-state index in [4.69, 9.17) is 0 Å². The van der Waals surface area contributed by atoms with Crippen LogP contribution in [0.25, 0.3) is 10.2 Å². The first kappa shape index (κ1) is 18.2. The van der Waals surface area contributed by atoms with Gasteiger partial charge in [-0.25, -0.2) is 4.98 Å². The van der Waals surface area contributed by atoms with Crippen molar-refractivity contribution in [3.05, 3.63) is 81.0 Å². The Morgan fingerprint density at radius 3 is 2.79 bits per heavy atom. The summed E-state index contributed by atoms with van der Waals surface area (Å²) < 4.78 is 0.983. The molecule has 140 valence electrons. The Balaban J connectivity index is 1.75. The largest absolute Gasteiger partial charge is 0.324 e. The van der Waals surface area contributed by atoms with E-state index in [1.165, 1.54) is 23.5 Å². The van der Waals surface area contributed by atoms with Crippen LogP contribution >= 0.6 is 22.7 Å². The fraction of sp³-hybridized carbons (Fsp3) is 0.105. The molecule has 0 atom stereocenters. The lowest BCUT2D eigenvalue weighted by Crippen LogP contribution is -2.29. The molecule has 0 saturated heterocycles. The number of carbonyl (C=O) groups is 1. The van der Waals surface area contributed by atoms with Crippen LogP contribution in [0.5, 0.6) is 0 Å². The minimum absolute atomic E-state index is 0.0652. The van der Waals surface area contributed by atoms with Gasteiger partial charge in [0.2, 0.25) is 0 Å². The van der Waals surface area contributed by atoms with Crippen LogP contribution in [0.4, 0.5) is 10.1 Å². The number of nitrogens with zero attached hydrogens (tertiary/aromatic N) is 4. The van der Waals surface area contributed by atoms with E-state index in [-0.39, 0.29) is 17.5 Å². The fourth-order valence-corrected chi connectivity index (χ4v) is 4.54. The molecule has 0 unspecified atom stereocenters. The summed E-state index contributed by atoms with van der Waals surface area (Å²) >= 11 is 2.28.